The predicted molar refractivity (Wildman–Crippen MR) is 133 cm³/mol. The first-order valence-electron chi connectivity index (χ1n) is 12.4. The first kappa shape index (κ1) is 23.5. The van der Waals surface area contributed by atoms with E-state index in [0.717, 1.165) is 73.8 Å². The van der Waals surface area contributed by atoms with Crippen LogP contribution in [0.4, 0.5) is 0 Å². The van der Waals surface area contributed by atoms with E-state index in [4.69, 9.17) is 21.1 Å². The minimum absolute atomic E-state index is 0.130. The van der Waals surface area contributed by atoms with Gasteiger partial charge in [0.2, 0.25) is 0 Å². The SMILES string of the molecule is CC(Cc1ccc2c(c1)OC1(CC2)CCN(Cc2cc(Cl)cc3c2OC(C)(C)C3)CC1)C(=O)O. The number of benzene rings is 2. The van der Waals surface area contributed by atoms with Gasteiger partial charge in [-0.1, -0.05) is 30.7 Å². The summed E-state index contributed by atoms with van der Waals surface area (Å²) in [5, 5.41) is 10.0. The van der Waals surface area contributed by atoms with E-state index in [9.17, 15) is 9.90 Å². The van der Waals surface area contributed by atoms with Crippen LogP contribution in [-0.2, 0) is 30.6 Å². The van der Waals surface area contributed by atoms with Gasteiger partial charge in [-0.25, -0.2) is 0 Å². The number of carboxylic acids is 1. The number of aryl methyl sites for hydroxylation is 1. The Kier molecular flexibility index (Phi) is 6.06. The number of halogens is 1. The molecule has 3 aliphatic heterocycles. The smallest absolute Gasteiger partial charge is 0.306 e. The number of hydrogen-bond acceptors (Lipinski definition) is 4. The van der Waals surface area contributed by atoms with Crippen molar-refractivity contribution in [3.05, 3.63) is 57.6 Å². The van der Waals surface area contributed by atoms with Crippen LogP contribution in [0.15, 0.2) is 30.3 Å². The summed E-state index contributed by atoms with van der Waals surface area (Å²) in [6, 6.07) is 10.3. The minimum atomic E-state index is -0.762. The molecular formula is C28H34ClNO4. The molecule has 182 valence electrons. The number of rotatable bonds is 5. The van der Waals surface area contributed by atoms with Crippen molar-refractivity contribution in [1.82, 2.24) is 4.90 Å². The molecule has 1 fully saturated rings. The van der Waals surface area contributed by atoms with E-state index >= 15 is 0 Å². The second kappa shape index (κ2) is 8.76. The Balaban J connectivity index is 1.25. The van der Waals surface area contributed by atoms with E-state index in [2.05, 4.69) is 43.0 Å². The summed E-state index contributed by atoms with van der Waals surface area (Å²) in [5.74, 6) is 0.793. The maximum atomic E-state index is 11.3. The van der Waals surface area contributed by atoms with E-state index in [1.807, 2.05) is 6.07 Å². The normalized spacial score (nSPS) is 21.3. The molecule has 2 aromatic rings. The van der Waals surface area contributed by atoms with Crippen molar-refractivity contribution < 1.29 is 19.4 Å². The first-order valence-corrected chi connectivity index (χ1v) is 12.8. The number of ether oxygens (including phenoxy) is 2. The first-order chi connectivity index (χ1) is 16.1. The maximum absolute atomic E-state index is 11.3. The monoisotopic (exact) mass is 483 g/mol. The Morgan fingerprint density at radius 2 is 1.88 bits per heavy atom. The van der Waals surface area contributed by atoms with Gasteiger partial charge in [0.05, 0.1) is 5.92 Å². The highest BCUT2D eigenvalue weighted by Crippen LogP contribution is 2.42. The van der Waals surface area contributed by atoms with Gasteiger partial charge >= 0.3 is 5.97 Å². The second-order valence-corrected chi connectivity index (χ2v) is 11.5. The van der Waals surface area contributed by atoms with Crippen molar-refractivity contribution >= 4 is 17.6 Å². The van der Waals surface area contributed by atoms with Gasteiger partial charge in [0, 0.05) is 36.6 Å². The van der Waals surface area contributed by atoms with E-state index in [1.165, 1.54) is 16.7 Å². The zero-order valence-corrected chi connectivity index (χ0v) is 21.1. The van der Waals surface area contributed by atoms with Gasteiger partial charge in [-0.05, 0) is 80.8 Å². The third kappa shape index (κ3) is 4.78. The molecule has 2 aromatic carbocycles. The standard InChI is InChI=1S/C28H34ClNO4/c1-18(26(31)32)12-19-4-5-20-6-7-28(33-24(20)13-19)8-10-30(11-9-28)17-22-15-23(29)14-21-16-27(2,3)34-25(21)22/h4-5,13-15,18H,6-12,16-17H2,1-3H3,(H,31,32). The number of fused-ring (bicyclic) bond motifs is 2. The summed E-state index contributed by atoms with van der Waals surface area (Å²) < 4.78 is 12.9. The molecular weight excluding hydrogens is 450 g/mol. The summed E-state index contributed by atoms with van der Waals surface area (Å²) in [4.78, 5) is 13.7. The molecule has 1 unspecified atom stereocenters. The Labute approximate surface area is 207 Å². The average Bonchev–Trinajstić information content (AvgIpc) is 3.09. The Morgan fingerprint density at radius 1 is 1.12 bits per heavy atom. The van der Waals surface area contributed by atoms with Crippen molar-refractivity contribution in [1.29, 1.82) is 0 Å². The van der Waals surface area contributed by atoms with Crippen molar-refractivity contribution in [2.24, 2.45) is 5.92 Å². The van der Waals surface area contributed by atoms with Crippen LogP contribution in [0.5, 0.6) is 11.5 Å². The topological polar surface area (TPSA) is 59.0 Å². The minimum Gasteiger partial charge on any atom is -0.487 e. The summed E-state index contributed by atoms with van der Waals surface area (Å²) in [6.07, 6.45) is 5.42. The van der Waals surface area contributed by atoms with Gasteiger partial charge in [-0.2, -0.15) is 0 Å². The Hall–Kier alpha value is -2.24. The molecule has 0 saturated carbocycles. The summed E-state index contributed by atoms with van der Waals surface area (Å²) in [6.45, 7) is 8.78. The van der Waals surface area contributed by atoms with Crippen molar-refractivity contribution in [2.45, 2.75) is 77.0 Å². The molecule has 1 N–H and O–H groups in total. The lowest BCUT2D eigenvalue weighted by molar-refractivity contribution is -0.141. The number of carbonyl (C=O) groups is 1. The molecule has 34 heavy (non-hydrogen) atoms. The molecule has 0 bridgehead atoms. The van der Waals surface area contributed by atoms with Gasteiger partial charge in [0.15, 0.2) is 0 Å². The maximum Gasteiger partial charge on any atom is 0.306 e. The van der Waals surface area contributed by atoms with Crippen LogP contribution in [0.3, 0.4) is 0 Å². The van der Waals surface area contributed by atoms with Crippen molar-refractivity contribution in [3.63, 3.8) is 0 Å². The van der Waals surface area contributed by atoms with Crippen LogP contribution in [0.1, 0.15) is 62.3 Å². The molecule has 3 heterocycles. The van der Waals surface area contributed by atoms with Crippen LogP contribution in [-0.4, -0.2) is 40.3 Å². The third-order valence-electron chi connectivity index (χ3n) is 7.63. The highest BCUT2D eigenvalue weighted by atomic mass is 35.5. The Bertz CT molecular complexity index is 1100. The van der Waals surface area contributed by atoms with E-state index in [1.54, 1.807) is 6.92 Å². The molecule has 3 aliphatic rings. The number of likely N-dealkylation sites (tertiary alicyclic amines) is 1. The largest absolute Gasteiger partial charge is 0.487 e. The Morgan fingerprint density at radius 3 is 2.62 bits per heavy atom. The fraction of sp³-hybridized carbons (Fsp3) is 0.536. The van der Waals surface area contributed by atoms with Crippen LogP contribution in [0.25, 0.3) is 0 Å². The molecule has 1 spiro atoms. The van der Waals surface area contributed by atoms with Gasteiger partial charge < -0.3 is 14.6 Å². The number of aliphatic carboxylic acids is 1. The average molecular weight is 484 g/mol. The van der Waals surface area contributed by atoms with E-state index < -0.39 is 11.9 Å². The second-order valence-electron chi connectivity index (χ2n) is 11.0. The van der Waals surface area contributed by atoms with Gasteiger partial charge in [-0.15, -0.1) is 0 Å². The molecule has 0 radical (unpaired) electrons. The summed E-state index contributed by atoms with van der Waals surface area (Å²) in [7, 11) is 0. The highest BCUT2D eigenvalue weighted by molar-refractivity contribution is 6.30. The number of piperidine rings is 1. The van der Waals surface area contributed by atoms with Crippen molar-refractivity contribution in [2.75, 3.05) is 13.1 Å². The van der Waals surface area contributed by atoms with Gasteiger partial charge in [0.25, 0.3) is 0 Å². The quantitative estimate of drug-likeness (QED) is 0.593. The zero-order valence-electron chi connectivity index (χ0n) is 20.3. The molecule has 6 heteroatoms. The van der Waals surface area contributed by atoms with Crippen molar-refractivity contribution in [3.8, 4) is 11.5 Å². The molecule has 5 nitrogen and oxygen atoms in total. The lowest BCUT2D eigenvalue weighted by Gasteiger charge is -2.44. The van der Waals surface area contributed by atoms with Crippen LogP contribution < -0.4 is 9.47 Å². The van der Waals surface area contributed by atoms with E-state index in [-0.39, 0.29) is 11.2 Å². The molecule has 1 atom stereocenters. The molecule has 0 aromatic heterocycles. The molecule has 0 aliphatic carbocycles. The lowest BCUT2D eigenvalue weighted by Crippen LogP contribution is -2.49. The highest BCUT2D eigenvalue weighted by Gasteiger charge is 2.40. The van der Waals surface area contributed by atoms with Gasteiger partial charge in [-0.3, -0.25) is 9.69 Å². The summed E-state index contributed by atoms with van der Waals surface area (Å²) in [5.41, 5.74) is 4.33. The fourth-order valence-corrected chi connectivity index (χ4v) is 5.95. The predicted octanol–water partition coefficient (Wildman–Crippen LogP) is 5.68. The summed E-state index contributed by atoms with van der Waals surface area (Å²) >= 11 is 6.44. The van der Waals surface area contributed by atoms with Crippen LogP contribution >= 0.6 is 11.6 Å². The zero-order chi connectivity index (χ0) is 24.1. The number of carboxylic acid groups (broad SMARTS) is 1. The number of hydrogen-bond donors (Lipinski definition) is 1. The third-order valence-corrected chi connectivity index (χ3v) is 7.85. The molecule has 0 amide bonds. The van der Waals surface area contributed by atoms with Crippen LogP contribution in [0.2, 0.25) is 5.02 Å². The molecule has 5 rings (SSSR count). The number of nitrogens with zero attached hydrogens (tertiary/aromatic N) is 1. The van der Waals surface area contributed by atoms with Gasteiger partial charge in [0.1, 0.15) is 22.7 Å². The fourth-order valence-electron chi connectivity index (χ4n) is 5.69. The van der Waals surface area contributed by atoms with E-state index in [0.29, 0.717) is 6.42 Å². The molecule has 1 saturated heterocycles. The lowest BCUT2D eigenvalue weighted by atomic mass is 9.82. The van der Waals surface area contributed by atoms with Crippen LogP contribution in [0, 0.1) is 5.92 Å².